The standard InChI is InChI=1S/C25H28O3/c1-2-17-26-18-23-13-15-24(16-14-23)25(27-19-21-9-5-3-6-10-21)28-20-22-11-7-4-8-12-22/h3-16,25H,2,17-20H2,1H3. The second-order valence-electron chi connectivity index (χ2n) is 6.72. The van der Waals surface area contributed by atoms with Crippen molar-refractivity contribution >= 4 is 0 Å². The van der Waals surface area contributed by atoms with Crippen molar-refractivity contribution in [2.75, 3.05) is 6.61 Å². The lowest BCUT2D eigenvalue weighted by Gasteiger charge is -2.20. The number of ether oxygens (including phenoxy) is 3. The van der Waals surface area contributed by atoms with Gasteiger partial charge < -0.3 is 14.2 Å². The van der Waals surface area contributed by atoms with Crippen LogP contribution < -0.4 is 0 Å². The minimum absolute atomic E-state index is 0.425. The van der Waals surface area contributed by atoms with Crippen molar-refractivity contribution in [1.29, 1.82) is 0 Å². The number of hydrogen-bond donors (Lipinski definition) is 0. The Labute approximate surface area is 167 Å². The molecular weight excluding hydrogens is 348 g/mol. The molecule has 3 aromatic carbocycles. The van der Waals surface area contributed by atoms with E-state index in [4.69, 9.17) is 14.2 Å². The summed E-state index contributed by atoms with van der Waals surface area (Å²) in [5.74, 6) is 0. The summed E-state index contributed by atoms with van der Waals surface area (Å²) >= 11 is 0. The molecule has 0 aromatic heterocycles. The molecule has 0 spiro atoms. The quantitative estimate of drug-likeness (QED) is 0.301. The van der Waals surface area contributed by atoms with E-state index >= 15 is 0 Å². The van der Waals surface area contributed by atoms with Gasteiger partial charge in [-0.25, -0.2) is 0 Å². The fourth-order valence-electron chi connectivity index (χ4n) is 2.84. The van der Waals surface area contributed by atoms with Gasteiger partial charge in [0.15, 0.2) is 6.29 Å². The first-order chi connectivity index (χ1) is 13.8. The molecule has 0 fully saturated rings. The van der Waals surface area contributed by atoms with Crippen LogP contribution in [-0.2, 0) is 34.0 Å². The van der Waals surface area contributed by atoms with E-state index in [-0.39, 0.29) is 0 Å². The Morgan fingerprint density at radius 2 is 1.11 bits per heavy atom. The Hall–Kier alpha value is -2.46. The van der Waals surface area contributed by atoms with Gasteiger partial charge in [0.2, 0.25) is 0 Å². The molecule has 3 aromatic rings. The average Bonchev–Trinajstić information content (AvgIpc) is 2.76. The highest BCUT2D eigenvalue weighted by Crippen LogP contribution is 2.23. The summed E-state index contributed by atoms with van der Waals surface area (Å²) in [5.41, 5.74) is 4.41. The first-order valence-corrected chi connectivity index (χ1v) is 9.83. The van der Waals surface area contributed by atoms with Crippen molar-refractivity contribution < 1.29 is 14.2 Å². The summed E-state index contributed by atoms with van der Waals surface area (Å²) in [5, 5.41) is 0. The maximum Gasteiger partial charge on any atom is 0.184 e. The van der Waals surface area contributed by atoms with Gasteiger partial charge in [0.1, 0.15) is 0 Å². The fourth-order valence-corrected chi connectivity index (χ4v) is 2.84. The predicted octanol–water partition coefficient (Wildman–Crippen LogP) is 6.05. The molecule has 3 rings (SSSR count). The van der Waals surface area contributed by atoms with Crippen LogP contribution in [0.1, 0.15) is 41.9 Å². The molecule has 0 aliphatic heterocycles. The zero-order valence-electron chi connectivity index (χ0n) is 16.4. The largest absolute Gasteiger partial charge is 0.377 e. The van der Waals surface area contributed by atoms with E-state index in [0.29, 0.717) is 19.8 Å². The lowest BCUT2D eigenvalue weighted by molar-refractivity contribution is -0.161. The minimum atomic E-state index is -0.425. The lowest BCUT2D eigenvalue weighted by atomic mass is 10.1. The third-order valence-electron chi connectivity index (χ3n) is 4.36. The molecule has 0 heterocycles. The Morgan fingerprint density at radius 3 is 1.61 bits per heavy atom. The molecule has 0 aliphatic carbocycles. The second kappa shape index (κ2) is 11.4. The highest BCUT2D eigenvalue weighted by atomic mass is 16.7. The summed E-state index contributed by atoms with van der Waals surface area (Å²) in [6, 6.07) is 28.6. The van der Waals surface area contributed by atoms with Crippen LogP contribution in [0.25, 0.3) is 0 Å². The van der Waals surface area contributed by atoms with Gasteiger partial charge in [-0.15, -0.1) is 0 Å². The van der Waals surface area contributed by atoms with E-state index in [1.54, 1.807) is 0 Å². The zero-order valence-corrected chi connectivity index (χ0v) is 16.4. The molecule has 0 bridgehead atoms. The molecule has 0 unspecified atom stereocenters. The summed E-state index contributed by atoms with van der Waals surface area (Å²) < 4.78 is 17.9. The molecule has 0 saturated heterocycles. The van der Waals surface area contributed by atoms with Crippen LogP contribution in [0.3, 0.4) is 0 Å². The monoisotopic (exact) mass is 376 g/mol. The number of benzene rings is 3. The molecule has 3 heteroatoms. The van der Waals surface area contributed by atoms with Crippen molar-refractivity contribution in [2.24, 2.45) is 0 Å². The first-order valence-electron chi connectivity index (χ1n) is 9.83. The van der Waals surface area contributed by atoms with Crippen LogP contribution in [0.4, 0.5) is 0 Å². The average molecular weight is 376 g/mol. The minimum Gasteiger partial charge on any atom is -0.377 e. The Balaban J connectivity index is 1.65. The fraction of sp³-hybridized carbons (Fsp3) is 0.280. The van der Waals surface area contributed by atoms with E-state index in [1.165, 1.54) is 0 Å². The number of hydrogen-bond acceptors (Lipinski definition) is 3. The summed E-state index contributed by atoms with van der Waals surface area (Å²) in [6.07, 6.45) is 0.604. The highest BCUT2D eigenvalue weighted by molar-refractivity contribution is 5.23. The third kappa shape index (κ3) is 6.61. The molecule has 146 valence electrons. The van der Waals surface area contributed by atoms with Crippen molar-refractivity contribution in [3.8, 4) is 0 Å². The van der Waals surface area contributed by atoms with Gasteiger partial charge in [0.25, 0.3) is 0 Å². The van der Waals surface area contributed by atoms with Crippen LogP contribution in [0.2, 0.25) is 0 Å². The van der Waals surface area contributed by atoms with Crippen LogP contribution in [-0.4, -0.2) is 6.61 Å². The Bertz CT molecular complexity index is 742. The molecule has 0 saturated carbocycles. The number of rotatable bonds is 11. The van der Waals surface area contributed by atoms with Crippen LogP contribution in [0, 0.1) is 0 Å². The van der Waals surface area contributed by atoms with Crippen molar-refractivity contribution in [1.82, 2.24) is 0 Å². The maximum absolute atomic E-state index is 6.12. The van der Waals surface area contributed by atoms with Crippen molar-refractivity contribution in [3.05, 3.63) is 107 Å². The molecule has 28 heavy (non-hydrogen) atoms. The normalized spacial score (nSPS) is 11.1. The maximum atomic E-state index is 6.12. The smallest absolute Gasteiger partial charge is 0.184 e. The Kier molecular flexibility index (Phi) is 8.26. The topological polar surface area (TPSA) is 27.7 Å². The van der Waals surface area contributed by atoms with E-state index in [0.717, 1.165) is 35.3 Å². The zero-order chi connectivity index (χ0) is 19.4. The van der Waals surface area contributed by atoms with E-state index in [2.05, 4.69) is 55.5 Å². The molecule has 0 N–H and O–H groups in total. The van der Waals surface area contributed by atoms with Gasteiger partial charge in [-0.2, -0.15) is 0 Å². The van der Waals surface area contributed by atoms with Gasteiger partial charge in [-0.3, -0.25) is 0 Å². The molecule has 0 amide bonds. The first kappa shape index (κ1) is 20.3. The Morgan fingerprint density at radius 1 is 0.607 bits per heavy atom. The van der Waals surface area contributed by atoms with Gasteiger partial charge in [-0.1, -0.05) is 91.9 Å². The molecular formula is C25H28O3. The highest BCUT2D eigenvalue weighted by Gasteiger charge is 2.13. The molecule has 0 atom stereocenters. The van der Waals surface area contributed by atoms with Gasteiger partial charge in [0, 0.05) is 12.2 Å². The van der Waals surface area contributed by atoms with E-state index in [9.17, 15) is 0 Å². The van der Waals surface area contributed by atoms with E-state index in [1.807, 2.05) is 36.4 Å². The second-order valence-corrected chi connectivity index (χ2v) is 6.72. The molecule has 0 aliphatic rings. The molecule has 0 radical (unpaired) electrons. The van der Waals surface area contributed by atoms with Crippen LogP contribution in [0.5, 0.6) is 0 Å². The van der Waals surface area contributed by atoms with Crippen molar-refractivity contribution in [2.45, 2.75) is 39.5 Å². The predicted molar refractivity (Wildman–Crippen MR) is 112 cm³/mol. The summed E-state index contributed by atoms with van der Waals surface area (Å²) in [6.45, 7) is 4.53. The van der Waals surface area contributed by atoms with Crippen LogP contribution in [0.15, 0.2) is 84.9 Å². The van der Waals surface area contributed by atoms with Gasteiger partial charge in [0.05, 0.1) is 19.8 Å². The lowest BCUT2D eigenvalue weighted by Crippen LogP contribution is -2.09. The SMILES string of the molecule is CCCOCc1ccc(C(OCc2ccccc2)OCc2ccccc2)cc1. The van der Waals surface area contributed by atoms with Crippen molar-refractivity contribution in [3.63, 3.8) is 0 Å². The summed E-state index contributed by atoms with van der Waals surface area (Å²) in [4.78, 5) is 0. The summed E-state index contributed by atoms with van der Waals surface area (Å²) in [7, 11) is 0. The van der Waals surface area contributed by atoms with Gasteiger partial charge in [-0.05, 0) is 23.1 Å². The van der Waals surface area contributed by atoms with Gasteiger partial charge >= 0.3 is 0 Å². The molecule has 3 nitrogen and oxygen atoms in total. The third-order valence-corrected chi connectivity index (χ3v) is 4.36. The van der Waals surface area contributed by atoms with Crippen LogP contribution >= 0.6 is 0 Å². The van der Waals surface area contributed by atoms with E-state index < -0.39 is 6.29 Å².